The Balaban J connectivity index is 1.82. The number of allylic oxidation sites excluding steroid dienone is 1. The summed E-state index contributed by atoms with van der Waals surface area (Å²) in [5.74, 6) is 0.0940. The van der Waals surface area contributed by atoms with Crippen molar-refractivity contribution in [2.45, 2.75) is 38.9 Å². The van der Waals surface area contributed by atoms with Crippen LogP contribution in [0.3, 0.4) is 0 Å². The second-order valence-corrected chi connectivity index (χ2v) is 6.28. The molecule has 0 saturated carbocycles. The summed E-state index contributed by atoms with van der Waals surface area (Å²) >= 11 is 0. The number of ether oxygens (including phenoxy) is 1. The fraction of sp³-hybridized carbons (Fsp3) is 0.350. The minimum Gasteiger partial charge on any atom is -0.483 e. The molecule has 1 N–H and O–H groups in total. The minimum atomic E-state index is -4.36. The molecule has 0 amide bonds. The maximum Gasteiger partial charge on any atom is 0.422 e. The van der Waals surface area contributed by atoms with Crippen LogP contribution < -0.4 is 10.1 Å². The third-order valence-corrected chi connectivity index (χ3v) is 3.82. The predicted octanol–water partition coefficient (Wildman–Crippen LogP) is 5.13. The van der Waals surface area contributed by atoms with E-state index >= 15 is 0 Å². The van der Waals surface area contributed by atoms with E-state index in [9.17, 15) is 13.2 Å². The number of halogens is 3. The first-order chi connectivity index (χ1) is 12.2. The molecule has 140 valence electrons. The van der Waals surface area contributed by atoms with E-state index < -0.39 is 12.8 Å². The lowest BCUT2D eigenvalue weighted by Gasteiger charge is -2.17. The molecular weight excluding hydrogens is 341 g/mol. The van der Waals surface area contributed by atoms with E-state index in [1.165, 1.54) is 23.4 Å². The zero-order chi connectivity index (χ0) is 19.2. The molecule has 1 atom stereocenters. The van der Waals surface area contributed by atoms with Crippen molar-refractivity contribution in [1.82, 2.24) is 10.3 Å². The molecule has 0 saturated heterocycles. The SMILES string of the molecule is C=C(CCc1cccc(C)c1)NC(C)c1ccc(OCC(F)(F)F)cn1. The molecule has 0 aliphatic rings. The second kappa shape index (κ2) is 8.74. The van der Waals surface area contributed by atoms with E-state index in [2.05, 4.69) is 46.7 Å². The Morgan fingerprint density at radius 1 is 1.27 bits per heavy atom. The molecule has 0 aliphatic carbocycles. The highest BCUT2D eigenvalue weighted by Gasteiger charge is 2.28. The van der Waals surface area contributed by atoms with Gasteiger partial charge in [-0.25, -0.2) is 0 Å². The smallest absolute Gasteiger partial charge is 0.422 e. The van der Waals surface area contributed by atoms with Gasteiger partial charge in [0.15, 0.2) is 6.61 Å². The number of nitrogens with zero attached hydrogens (tertiary/aromatic N) is 1. The molecule has 0 bridgehead atoms. The standard InChI is InChI=1S/C20H23F3N2O/c1-14-5-4-6-17(11-14)8-7-15(2)25-16(3)19-10-9-18(12-24-19)26-13-20(21,22)23/h4-6,9-12,16,25H,2,7-8,13H2,1,3H3. The van der Waals surface area contributed by atoms with Crippen LogP contribution in [-0.4, -0.2) is 17.8 Å². The molecule has 0 aliphatic heterocycles. The molecule has 1 unspecified atom stereocenters. The molecule has 0 radical (unpaired) electrons. The average Bonchev–Trinajstić information content (AvgIpc) is 2.58. The number of hydrogen-bond acceptors (Lipinski definition) is 3. The summed E-state index contributed by atoms with van der Waals surface area (Å²) in [6.45, 7) is 6.71. The monoisotopic (exact) mass is 364 g/mol. The lowest BCUT2D eigenvalue weighted by Crippen LogP contribution is -2.20. The van der Waals surface area contributed by atoms with Crippen molar-refractivity contribution in [1.29, 1.82) is 0 Å². The van der Waals surface area contributed by atoms with Gasteiger partial charge in [0, 0.05) is 5.70 Å². The van der Waals surface area contributed by atoms with E-state index in [-0.39, 0.29) is 11.8 Å². The molecule has 1 aromatic carbocycles. The van der Waals surface area contributed by atoms with Crippen molar-refractivity contribution < 1.29 is 17.9 Å². The van der Waals surface area contributed by atoms with E-state index in [0.717, 1.165) is 18.5 Å². The van der Waals surface area contributed by atoms with Crippen molar-refractivity contribution >= 4 is 0 Å². The van der Waals surface area contributed by atoms with Crippen LogP contribution in [0.4, 0.5) is 13.2 Å². The van der Waals surface area contributed by atoms with Gasteiger partial charge in [-0.3, -0.25) is 4.98 Å². The first-order valence-corrected chi connectivity index (χ1v) is 8.38. The third kappa shape index (κ3) is 6.78. The Hall–Kier alpha value is -2.50. The Morgan fingerprint density at radius 2 is 2.04 bits per heavy atom. The van der Waals surface area contributed by atoms with Gasteiger partial charge in [0.2, 0.25) is 0 Å². The van der Waals surface area contributed by atoms with Gasteiger partial charge in [0.1, 0.15) is 5.75 Å². The van der Waals surface area contributed by atoms with Crippen LogP contribution in [0, 0.1) is 6.92 Å². The van der Waals surface area contributed by atoms with E-state index in [0.29, 0.717) is 5.69 Å². The molecule has 0 fully saturated rings. The fourth-order valence-electron chi connectivity index (χ4n) is 2.51. The van der Waals surface area contributed by atoms with Crippen LogP contribution in [0.15, 0.2) is 54.9 Å². The number of rotatable bonds is 8. The first-order valence-electron chi connectivity index (χ1n) is 8.38. The number of aromatic nitrogens is 1. The first kappa shape index (κ1) is 19.8. The Bertz CT molecular complexity index is 727. The summed E-state index contributed by atoms with van der Waals surface area (Å²) in [7, 11) is 0. The van der Waals surface area contributed by atoms with Crippen LogP contribution in [0.1, 0.15) is 36.2 Å². The predicted molar refractivity (Wildman–Crippen MR) is 96.0 cm³/mol. The number of hydrogen-bond donors (Lipinski definition) is 1. The fourth-order valence-corrected chi connectivity index (χ4v) is 2.51. The molecule has 26 heavy (non-hydrogen) atoms. The normalized spacial score (nSPS) is 12.5. The molecule has 3 nitrogen and oxygen atoms in total. The number of pyridine rings is 1. The van der Waals surface area contributed by atoms with E-state index in [1.807, 2.05) is 13.0 Å². The van der Waals surface area contributed by atoms with Crippen molar-refractivity contribution in [2.24, 2.45) is 0 Å². The number of nitrogens with one attached hydrogen (secondary N) is 1. The van der Waals surface area contributed by atoms with Crippen molar-refractivity contribution in [3.05, 3.63) is 71.7 Å². The Morgan fingerprint density at radius 3 is 2.65 bits per heavy atom. The molecular formula is C20H23F3N2O. The van der Waals surface area contributed by atoms with Gasteiger partial charge >= 0.3 is 6.18 Å². The van der Waals surface area contributed by atoms with Gasteiger partial charge in [-0.15, -0.1) is 0 Å². The van der Waals surface area contributed by atoms with Crippen molar-refractivity contribution in [2.75, 3.05) is 6.61 Å². The lowest BCUT2D eigenvalue weighted by atomic mass is 10.1. The Kier molecular flexibility index (Phi) is 6.66. The molecule has 1 heterocycles. The molecule has 6 heteroatoms. The molecule has 1 aromatic heterocycles. The zero-order valence-electron chi connectivity index (χ0n) is 14.9. The maximum absolute atomic E-state index is 12.1. The lowest BCUT2D eigenvalue weighted by molar-refractivity contribution is -0.153. The van der Waals surface area contributed by atoms with Gasteiger partial charge in [-0.05, 0) is 44.4 Å². The largest absolute Gasteiger partial charge is 0.483 e. The van der Waals surface area contributed by atoms with E-state index in [1.54, 1.807) is 6.07 Å². The van der Waals surface area contributed by atoms with Crippen molar-refractivity contribution in [3.63, 3.8) is 0 Å². The highest BCUT2D eigenvalue weighted by atomic mass is 19.4. The minimum absolute atomic E-state index is 0.0940. The quantitative estimate of drug-likeness (QED) is 0.705. The van der Waals surface area contributed by atoms with Crippen LogP contribution in [0.2, 0.25) is 0 Å². The highest BCUT2D eigenvalue weighted by Crippen LogP contribution is 2.20. The topological polar surface area (TPSA) is 34.1 Å². The molecule has 2 rings (SSSR count). The maximum atomic E-state index is 12.1. The van der Waals surface area contributed by atoms with Crippen LogP contribution in [0.5, 0.6) is 5.75 Å². The molecule has 2 aromatic rings. The number of alkyl halides is 3. The molecule has 0 spiro atoms. The van der Waals surface area contributed by atoms with Gasteiger partial charge in [0.05, 0.1) is 17.9 Å². The highest BCUT2D eigenvalue weighted by molar-refractivity contribution is 5.24. The van der Waals surface area contributed by atoms with Gasteiger partial charge in [-0.2, -0.15) is 13.2 Å². The number of aryl methyl sites for hydroxylation is 2. The zero-order valence-corrected chi connectivity index (χ0v) is 14.9. The Labute approximate surface area is 151 Å². The summed E-state index contributed by atoms with van der Waals surface area (Å²) in [6, 6.07) is 11.4. The van der Waals surface area contributed by atoms with Crippen LogP contribution in [0.25, 0.3) is 0 Å². The average molecular weight is 364 g/mol. The summed E-state index contributed by atoms with van der Waals surface area (Å²) in [6.07, 6.45) is -1.38. The number of benzene rings is 1. The van der Waals surface area contributed by atoms with Crippen LogP contribution >= 0.6 is 0 Å². The van der Waals surface area contributed by atoms with Crippen LogP contribution in [-0.2, 0) is 6.42 Å². The van der Waals surface area contributed by atoms with Crippen molar-refractivity contribution in [3.8, 4) is 5.75 Å². The third-order valence-electron chi connectivity index (χ3n) is 3.82. The summed E-state index contributed by atoms with van der Waals surface area (Å²) in [4.78, 5) is 4.17. The summed E-state index contributed by atoms with van der Waals surface area (Å²) in [5, 5.41) is 3.28. The van der Waals surface area contributed by atoms with E-state index in [4.69, 9.17) is 0 Å². The second-order valence-electron chi connectivity index (χ2n) is 6.28. The van der Waals surface area contributed by atoms with Gasteiger partial charge in [0.25, 0.3) is 0 Å². The van der Waals surface area contributed by atoms with Gasteiger partial charge in [-0.1, -0.05) is 36.4 Å². The van der Waals surface area contributed by atoms with Gasteiger partial charge < -0.3 is 10.1 Å². The summed E-state index contributed by atoms with van der Waals surface area (Å²) in [5.41, 5.74) is 4.08. The summed E-state index contributed by atoms with van der Waals surface area (Å²) < 4.78 is 41.1.